The molecule has 2 heterocycles. The van der Waals surface area contributed by atoms with Gasteiger partial charge in [-0.1, -0.05) is 32.0 Å². The molecule has 2 amide bonds. The van der Waals surface area contributed by atoms with Crippen LogP contribution in [0.5, 0.6) is 0 Å². The van der Waals surface area contributed by atoms with Crippen molar-refractivity contribution in [2.75, 3.05) is 18.4 Å². The smallest absolute Gasteiger partial charge is 0.255 e. The van der Waals surface area contributed by atoms with Crippen molar-refractivity contribution in [1.29, 1.82) is 0 Å². The van der Waals surface area contributed by atoms with Crippen molar-refractivity contribution in [2.24, 2.45) is 5.92 Å². The zero-order valence-electron chi connectivity index (χ0n) is 17.1. The summed E-state index contributed by atoms with van der Waals surface area (Å²) < 4.78 is 5.98. The number of para-hydroxylation sites is 1. The number of hydrogen-bond donors (Lipinski definition) is 1. The first-order valence-corrected chi connectivity index (χ1v) is 10.3. The second-order valence-corrected chi connectivity index (χ2v) is 7.51. The predicted molar refractivity (Wildman–Crippen MR) is 112 cm³/mol. The summed E-state index contributed by atoms with van der Waals surface area (Å²) in [6, 6.07) is 11.1. The Balaban J connectivity index is 1.56. The van der Waals surface area contributed by atoms with E-state index in [9.17, 15) is 9.59 Å². The summed E-state index contributed by atoms with van der Waals surface area (Å²) >= 11 is 0. The van der Waals surface area contributed by atoms with Crippen molar-refractivity contribution in [3.8, 4) is 0 Å². The van der Waals surface area contributed by atoms with E-state index in [4.69, 9.17) is 4.74 Å². The minimum absolute atomic E-state index is 0.0456. The fraction of sp³-hybridized carbons (Fsp3) is 0.435. The predicted octanol–water partition coefficient (Wildman–Crippen LogP) is 3.89. The third-order valence-corrected chi connectivity index (χ3v) is 5.41. The maximum Gasteiger partial charge on any atom is 0.255 e. The average molecular weight is 396 g/mol. The number of pyridine rings is 1. The van der Waals surface area contributed by atoms with Gasteiger partial charge in [0.15, 0.2) is 0 Å². The van der Waals surface area contributed by atoms with Crippen molar-refractivity contribution in [2.45, 2.75) is 45.8 Å². The van der Waals surface area contributed by atoms with Crippen LogP contribution in [-0.4, -0.2) is 40.9 Å². The van der Waals surface area contributed by atoms with Gasteiger partial charge in [-0.3, -0.25) is 14.6 Å². The number of likely N-dealkylation sites (tertiary alicyclic amines) is 1. The summed E-state index contributed by atoms with van der Waals surface area (Å²) in [6.07, 6.45) is 6.05. The molecule has 154 valence electrons. The number of hydrogen-bond acceptors (Lipinski definition) is 4. The lowest BCUT2D eigenvalue weighted by Gasteiger charge is -2.32. The second-order valence-electron chi connectivity index (χ2n) is 7.51. The van der Waals surface area contributed by atoms with Crippen LogP contribution in [0.25, 0.3) is 0 Å². The van der Waals surface area contributed by atoms with E-state index >= 15 is 0 Å². The third kappa shape index (κ3) is 5.64. The molecule has 1 aliphatic rings. The minimum Gasteiger partial charge on any atom is -0.373 e. The molecule has 2 aromatic rings. The molecule has 1 fully saturated rings. The number of rotatable bonds is 7. The van der Waals surface area contributed by atoms with Crippen molar-refractivity contribution >= 4 is 17.5 Å². The average Bonchev–Trinajstić information content (AvgIpc) is 2.78. The van der Waals surface area contributed by atoms with E-state index in [1.54, 1.807) is 18.3 Å². The van der Waals surface area contributed by atoms with E-state index in [1.807, 2.05) is 49.2 Å². The SMILES string of the molecule is CCC(C)C(=O)Nc1ccccc1C(=O)N1CCC(OCc2cccnc2)CC1. The molecule has 1 aromatic heterocycles. The lowest BCUT2D eigenvalue weighted by molar-refractivity contribution is -0.119. The van der Waals surface area contributed by atoms with Gasteiger partial charge in [0, 0.05) is 31.4 Å². The van der Waals surface area contributed by atoms with Crippen molar-refractivity contribution < 1.29 is 14.3 Å². The Labute approximate surface area is 172 Å². The number of nitrogens with one attached hydrogen (secondary N) is 1. The Morgan fingerprint density at radius 2 is 1.97 bits per heavy atom. The molecule has 1 aromatic carbocycles. The Morgan fingerprint density at radius 1 is 1.21 bits per heavy atom. The maximum atomic E-state index is 13.1. The number of ether oxygens (including phenoxy) is 1. The molecule has 6 heteroatoms. The van der Waals surface area contributed by atoms with E-state index < -0.39 is 0 Å². The van der Waals surface area contributed by atoms with Gasteiger partial charge in [-0.05, 0) is 43.0 Å². The first kappa shape index (κ1) is 21.0. The number of carbonyl (C=O) groups excluding carboxylic acids is 2. The van der Waals surface area contributed by atoms with Gasteiger partial charge in [-0.15, -0.1) is 0 Å². The summed E-state index contributed by atoms with van der Waals surface area (Å²) in [5.74, 6) is -0.197. The Kier molecular flexibility index (Phi) is 7.36. The summed E-state index contributed by atoms with van der Waals surface area (Å²) in [5.41, 5.74) is 2.17. The Hall–Kier alpha value is -2.73. The van der Waals surface area contributed by atoms with Crippen LogP contribution in [0.4, 0.5) is 5.69 Å². The van der Waals surface area contributed by atoms with Gasteiger partial charge >= 0.3 is 0 Å². The van der Waals surface area contributed by atoms with Crippen molar-refractivity contribution in [1.82, 2.24) is 9.88 Å². The molecule has 0 radical (unpaired) electrons. The molecule has 0 bridgehead atoms. The van der Waals surface area contributed by atoms with Gasteiger partial charge in [-0.2, -0.15) is 0 Å². The quantitative estimate of drug-likeness (QED) is 0.772. The number of aromatic nitrogens is 1. The highest BCUT2D eigenvalue weighted by atomic mass is 16.5. The van der Waals surface area contributed by atoms with Gasteiger partial charge in [0.2, 0.25) is 5.91 Å². The van der Waals surface area contributed by atoms with Crippen LogP contribution in [-0.2, 0) is 16.1 Å². The van der Waals surface area contributed by atoms with E-state index in [0.717, 1.165) is 24.8 Å². The molecule has 29 heavy (non-hydrogen) atoms. The Bertz CT molecular complexity index is 817. The van der Waals surface area contributed by atoms with Crippen LogP contribution in [0, 0.1) is 5.92 Å². The van der Waals surface area contributed by atoms with Gasteiger partial charge in [-0.25, -0.2) is 0 Å². The topological polar surface area (TPSA) is 71.5 Å². The van der Waals surface area contributed by atoms with Crippen LogP contribution >= 0.6 is 0 Å². The highest BCUT2D eigenvalue weighted by Crippen LogP contribution is 2.22. The van der Waals surface area contributed by atoms with Crippen LogP contribution < -0.4 is 5.32 Å². The standard InChI is InChI=1S/C23H29N3O3/c1-3-17(2)22(27)25-21-9-5-4-8-20(21)23(28)26-13-10-19(11-14-26)29-16-18-7-6-12-24-15-18/h4-9,12,15,17,19H,3,10-11,13-14,16H2,1-2H3,(H,25,27). The molecular weight excluding hydrogens is 366 g/mol. The molecule has 0 aliphatic carbocycles. The summed E-state index contributed by atoms with van der Waals surface area (Å²) in [4.78, 5) is 31.3. The summed E-state index contributed by atoms with van der Waals surface area (Å²) in [6.45, 7) is 5.68. The van der Waals surface area contributed by atoms with Gasteiger partial charge < -0.3 is 15.0 Å². The molecule has 1 saturated heterocycles. The van der Waals surface area contributed by atoms with Crippen LogP contribution in [0.15, 0.2) is 48.8 Å². The first-order chi connectivity index (χ1) is 14.1. The number of nitrogens with zero attached hydrogens (tertiary/aromatic N) is 2. The van der Waals surface area contributed by atoms with Crippen LogP contribution in [0.3, 0.4) is 0 Å². The molecular formula is C23H29N3O3. The lowest BCUT2D eigenvalue weighted by Crippen LogP contribution is -2.41. The highest BCUT2D eigenvalue weighted by molar-refractivity contribution is 6.04. The first-order valence-electron chi connectivity index (χ1n) is 10.3. The molecule has 1 atom stereocenters. The molecule has 3 rings (SSSR count). The van der Waals surface area contributed by atoms with E-state index in [2.05, 4.69) is 10.3 Å². The number of anilines is 1. The minimum atomic E-state index is -0.0918. The third-order valence-electron chi connectivity index (χ3n) is 5.41. The van der Waals surface area contributed by atoms with Crippen molar-refractivity contribution in [3.05, 3.63) is 59.9 Å². The number of amides is 2. The van der Waals surface area contributed by atoms with Gasteiger partial charge in [0.1, 0.15) is 0 Å². The molecule has 0 saturated carbocycles. The van der Waals surface area contributed by atoms with Gasteiger partial charge in [0.05, 0.1) is 24.0 Å². The molecule has 6 nitrogen and oxygen atoms in total. The van der Waals surface area contributed by atoms with E-state index in [-0.39, 0.29) is 23.8 Å². The molecule has 1 unspecified atom stereocenters. The second kappa shape index (κ2) is 10.2. The molecule has 1 N–H and O–H groups in total. The summed E-state index contributed by atoms with van der Waals surface area (Å²) in [7, 11) is 0. The van der Waals surface area contributed by atoms with Crippen LogP contribution in [0.2, 0.25) is 0 Å². The van der Waals surface area contributed by atoms with E-state index in [0.29, 0.717) is 30.9 Å². The summed E-state index contributed by atoms with van der Waals surface area (Å²) in [5, 5.41) is 2.91. The highest BCUT2D eigenvalue weighted by Gasteiger charge is 2.26. The van der Waals surface area contributed by atoms with E-state index in [1.165, 1.54) is 0 Å². The fourth-order valence-electron chi connectivity index (χ4n) is 3.31. The van der Waals surface area contributed by atoms with Gasteiger partial charge in [0.25, 0.3) is 5.91 Å². The molecule has 0 spiro atoms. The monoisotopic (exact) mass is 395 g/mol. The van der Waals surface area contributed by atoms with Crippen LogP contribution in [0.1, 0.15) is 49.0 Å². The Morgan fingerprint density at radius 3 is 2.66 bits per heavy atom. The number of benzene rings is 1. The number of carbonyl (C=O) groups is 2. The zero-order chi connectivity index (χ0) is 20.6. The maximum absolute atomic E-state index is 13.1. The fourth-order valence-corrected chi connectivity index (χ4v) is 3.31. The normalized spacial score (nSPS) is 15.7. The largest absolute Gasteiger partial charge is 0.373 e. The lowest BCUT2D eigenvalue weighted by atomic mass is 10.0. The number of piperidine rings is 1. The van der Waals surface area contributed by atoms with Crippen molar-refractivity contribution in [3.63, 3.8) is 0 Å². The molecule has 1 aliphatic heterocycles. The zero-order valence-corrected chi connectivity index (χ0v) is 17.1.